The first-order chi connectivity index (χ1) is 8.61. The fraction of sp³-hybridized carbons (Fsp3) is 0.167. The molecule has 0 saturated heterocycles. The molecule has 2 unspecified atom stereocenters. The number of rotatable bonds is 5. The van der Waals surface area contributed by atoms with Gasteiger partial charge in [0.05, 0.1) is 12.5 Å². The van der Waals surface area contributed by atoms with Crippen LogP contribution in [-0.4, -0.2) is 34.0 Å². The van der Waals surface area contributed by atoms with E-state index in [-0.39, 0.29) is 11.5 Å². The first kappa shape index (κ1) is 12.3. The van der Waals surface area contributed by atoms with Crippen molar-refractivity contribution in [3.8, 4) is 0 Å². The minimum atomic E-state index is -1.89. The molecule has 0 amide bonds. The lowest BCUT2D eigenvalue weighted by atomic mass is 10.0. The van der Waals surface area contributed by atoms with Gasteiger partial charge in [-0.2, -0.15) is 0 Å². The molecule has 2 aromatic rings. The van der Waals surface area contributed by atoms with Crippen molar-refractivity contribution in [2.24, 2.45) is 0 Å². The highest BCUT2D eigenvalue weighted by molar-refractivity contribution is 6.05. The summed E-state index contributed by atoms with van der Waals surface area (Å²) >= 11 is 0. The number of Topliss-reactive ketones (excluding diaryl/α,β-unsaturated/α-hetero) is 2. The van der Waals surface area contributed by atoms with E-state index in [4.69, 9.17) is 8.83 Å². The van der Waals surface area contributed by atoms with Gasteiger partial charge < -0.3 is 19.0 Å². The molecule has 0 spiro atoms. The summed E-state index contributed by atoms with van der Waals surface area (Å²) < 4.78 is 9.56. The second-order valence-corrected chi connectivity index (χ2v) is 3.57. The van der Waals surface area contributed by atoms with E-state index in [2.05, 4.69) is 0 Å². The Hall–Kier alpha value is -2.18. The molecule has 2 heterocycles. The summed E-state index contributed by atoms with van der Waals surface area (Å²) in [5.74, 6) is -2.00. The van der Waals surface area contributed by atoms with Gasteiger partial charge in [0.15, 0.2) is 23.7 Å². The summed E-state index contributed by atoms with van der Waals surface area (Å²) in [6.07, 6.45) is -1.29. The smallest absolute Gasteiger partial charge is 0.229 e. The van der Waals surface area contributed by atoms with Crippen LogP contribution in [0.2, 0.25) is 0 Å². The zero-order valence-electron chi connectivity index (χ0n) is 9.15. The van der Waals surface area contributed by atoms with Crippen LogP contribution in [-0.2, 0) is 0 Å². The maximum Gasteiger partial charge on any atom is 0.229 e. The quantitative estimate of drug-likeness (QED) is 0.756. The number of aliphatic hydroxyl groups is 2. The average molecular weight is 250 g/mol. The SMILES string of the molecule is O=C(c1ccco1)C(O)C(O)C(=O)c1ccco1. The fourth-order valence-corrected chi connectivity index (χ4v) is 1.42. The van der Waals surface area contributed by atoms with Crippen LogP contribution >= 0.6 is 0 Å². The topological polar surface area (TPSA) is 101 Å². The van der Waals surface area contributed by atoms with Gasteiger partial charge in [0.25, 0.3) is 0 Å². The van der Waals surface area contributed by atoms with Gasteiger partial charge in [-0.05, 0) is 24.3 Å². The van der Waals surface area contributed by atoms with Crippen molar-refractivity contribution in [2.45, 2.75) is 12.2 Å². The lowest BCUT2D eigenvalue weighted by Crippen LogP contribution is -2.39. The van der Waals surface area contributed by atoms with E-state index in [0.717, 1.165) is 0 Å². The van der Waals surface area contributed by atoms with Crippen LogP contribution in [0, 0.1) is 0 Å². The van der Waals surface area contributed by atoms with Gasteiger partial charge in [-0.3, -0.25) is 9.59 Å². The van der Waals surface area contributed by atoms with Crippen LogP contribution in [0.5, 0.6) is 0 Å². The summed E-state index contributed by atoms with van der Waals surface area (Å²) in [5.41, 5.74) is 0. The Bertz CT molecular complexity index is 475. The van der Waals surface area contributed by atoms with Gasteiger partial charge in [-0.1, -0.05) is 0 Å². The minimum absolute atomic E-state index is 0.131. The lowest BCUT2D eigenvalue weighted by molar-refractivity contribution is 0.0188. The monoisotopic (exact) mass is 250 g/mol. The molecular formula is C12H10O6. The molecule has 0 radical (unpaired) electrons. The number of carbonyl (C=O) groups excluding carboxylic acids is 2. The first-order valence-corrected chi connectivity index (χ1v) is 5.13. The van der Waals surface area contributed by atoms with Gasteiger partial charge in [0.2, 0.25) is 11.6 Å². The first-order valence-electron chi connectivity index (χ1n) is 5.13. The fourth-order valence-electron chi connectivity index (χ4n) is 1.42. The van der Waals surface area contributed by atoms with Crippen molar-refractivity contribution in [3.05, 3.63) is 48.3 Å². The van der Waals surface area contributed by atoms with Crippen molar-refractivity contribution < 1.29 is 28.6 Å². The molecule has 0 bridgehead atoms. The molecule has 6 heteroatoms. The summed E-state index contributed by atoms with van der Waals surface area (Å²) in [6, 6.07) is 5.58. The predicted molar refractivity (Wildman–Crippen MR) is 58.1 cm³/mol. The number of furan rings is 2. The zero-order valence-corrected chi connectivity index (χ0v) is 9.15. The number of hydrogen-bond donors (Lipinski definition) is 2. The number of aliphatic hydroxyl groups excluding tert-OH is 2. The van der Waals surface area contributed by atoms with Crippen LogP contribution in [0.1, 0.15) is 21.1 Å². The Morgan fingerprint density at radius 3 is 1.56 bits per heavy atom. The number of carbonyl (C=O) groups is 2. The molecule has 0 aliphatic heterocycles. The van der Waals surface area contributed by atoms with Crippen molar-refractivity contribution in [1.82, 2.24) is 0 Å². The number of ketones is 2. The van der Waals surface area contributed by atoms with Crippen molar-refractivity contribution >= 4 is 11.6 Å². The second-order valence-electron chi connectivity index (χ2n) is 3.57. The summed E-state index contributed by atoms with van der Waals surface area (Å²) in [4.78, 5) is 23.3. The molecule has 0 aliphatic rings. The van der Waals surface area contributed by atoms with Gasteiger partial charge in [0.1, 0.15) is 0 Å². The highest BCUT2D eigenvalue weighted by atomic mass is 16.4. The van der Waals surface area contributed by atoms with Gasteiger partial charge in [0, 0.05) is 0 Å². The molecule has 2 N–H and O–H groups in total. The largest absolute Gasteiger partial charge is 0.461 e. The summed E-state index contributed by atoms with van der Waals surface area (Å²) in [6.45, 7) is 0. The molecule has 2 aromatic heterocycles. The van der Waals surface area contributed by atoms with Crippen LogP contribution in [0.15, 0.2) is 45.6 Å². The Morgan fingerprint density at radius 2 is 1.28 bits per heavy atom. The highest BCUT2D eigenvalue weighted by Gasteiger charge is 2.33. The van der Waals surface area contributed by atoms with E-state index in [1.165, 1.54) is 36.8 Å². The molecule has 0 aromatic carbocycles. The van der Waals surface area contributed by atoms with E-state index in [9.17, 15) is 19.8 Å². The Kier molecular flexibility index (Phi) is 3.40. The third-order valence-corrected chi connectivity index (χ3v) is 2.36. The molecule has 2 atom stereocenters. The van der Waals surface area contributed by atoms with Crippen molar-refractivity contribution in [1.29, 1.82) is 0 Å². The molecular weight excluding hydrogens is 240 g/mol. The third-order valence-electron chi connectivity index (χ3n) is 2.36. The van der Waals surface area contributed by atoms with E-state index < -0.39 is 23.8 Å². The molecule has 94 valence electrons. The van der Waals surface area contributed by atoms with E-state index in [1.54, 1.807) is 0 Å². The molecule has 6 nitrogen and oxygen atoms in total. The van der Waals surface area contributed by atoms with Gasteiger partial charge in [-0.25, -0.2) is 0 Å². The maximum absolute atomic E-state index is 11.6. The van der Waals surface area contributed by atoms with E-state index in [1.807, 2.05) is 0 Å². The Labute approximate surface area is 101 Å². The van der Waals surface area contributed by atoms with Crippen LogP contribution < -0.4 is 0 Å². The summed E-state index contributed by atoms with van der Waals surface area (Å²) in [7, 11) is 0. The molecule has 2 rings (SSSR count). The predicted octanol–water partition coefficient (Wildman–Crippen LogP) is 0.660. The molecule has 0 aliphatic carbocycles. The lowest BCUT2D eigenvalue weighted by Gasteiger charge is -2.13. The average Bonchev–Trinajstić information content (AvgIpc) is 3.06. The molecule has 18 heavy (non-hydrogen) atoms. The maximum atomic E-state index is 11.6. The van der Waals surface area contributed by atoms with Crippen LogP contribution in [0.3, 0.4) is 0 Å². The Balaban J connectivity index is 2.12. The zero-order chi connectivity index (χ0) is 13.1. The standard InChI is InChI=1S/C12H10O6/c13-9(7-3-1-5-17-7)11(15)12(16)10(14)8-4-2-6-18-8/h1-6,11-12,15-16H. The van der Waals surface area contributed by atoms with E-state index in [0.29, 0.717) is 0 Å². The second kappa shape index (κ2) is 4.99. The summed E-state index contributed by atoms with van der Waals surface area (Å²) in [5, 5.41) is 19.2. The molecule has 0 saturated carbocycles. The van der Waals surface area contributed by atoms with E-state index >= 15 is 0 Å². The third kappa shape index (κ3) is 2.24. The van der Waals surface area contributed by atoms with Crippen LogP contribution in [0.4, 0.5) is 0 Å². The number of hydrogen-bond acceptors (Lipinski definition) is 6. The normalized spacial score (nSPS) is 14.1. The van der Waals surface area contributed by atoms with Crippen molar-refractivity contribution in [3.63, 3.8) is 0 Å². The van der Waals surface area contributed by atoms with Crippen LogP contribution in [0.25, 0.3) is 0 Å². The van der Waals surface area contributed by atoms with Crippen molar-refractivity contribution in [2.75, 3.05) is 0 Å². The Morgan fingerprint density at radius 1 is 0.889 bits per heavy atom. The highest BCUT2D eigenvalue weighted by Crippen LogP contribution is 2.12. The van der Waals surface area contributed by atoms with Gasteiger partial charge >= 0.3 is 0 Å². The van der Waals surface area contributed by atoms with Gasteiger partial charge in [-0.15, -0.1) is 0 Å². The molecule has 0 fully saturated rings. The minimum Gasteiger partial charge on any atom is -0.461 e.